The zero-order chi connectivity index (χ0) is 15.1. The number of hydrogen-bond acceptors (Lipinski definition) is 4. The largest absolute Gasteiger partial charge is 0.296 e. The number of nitrogens with zero attached hydrogens (tertiary/aromatic N) is 3. The van der Waals surface area contributed by atoms with E-state index in [1.54, 1.807) is 13.8 Å². The summed E-state index contributed by atoms with van der Waals surface area (Å²) in [5.41, 5.74) is 0.0604. The van der Waals surface area contributed by atoms with Gasteiger partial charge >= 0.3 is 0 Å². The van der Waals surface area contributed by atoms with Crippen molar-refractivity contribution in [3.63, 3.8) is 0 Å². The Balaban J connectivity index is 2.76. The Morgan fingerprint density at radius 1 is 1.30 bits per heavy atom. The fourth-order valence-electron chi connectivity index (χ4n) is 1.76. The van der Waals surface area contributed by atoms with Gasteiger partial charge in [-0.2, -0.15) is 0 Å². The molecule has 0 atom stereocenters. The van der Waals surface area contributed by atoms with Crippen LogP contribution < -0.4 is 0 Å². The summed E-state index contributed by atoms with van der Waals surface area (Å²) in [5, 5.41) is 7.14. The molecule has 0 radical (unpaired) electrons. The van der Waals surface area contributed by atoms with Gasteiger partial charge in [-0.05, 0) is 32.0 Å². The van der Waals surface area contributed by atoms with Crippen LogP contribution in [0.5, 0.6) is 0 Å². The van der Waals surface area contributed by atoms with E-state index in [-0.39, 0.29) is 17.4 Å². The molecule has 2 aromatic rings. The van der Waals surface area contributed by atoms with Crippen molar-refractivity contribution in [2.24, 2.45) is 0 Å². The molecule has 20 heavy (non-hydrogen) atoms. The minimum Gasteiger partial charge on any atom is -0.294 e. The Morgan fingerprint density at radius 3 is 2.50 bits per heavy atom. The molecule has 0 unspecified atom stereocenters. The quantitative estimate of drug-likeness (QED) is 0.806. The van der Waals surface area contributed by atoms with Crippen molar-refractivity contribution in [2.45, 2.75) is 25.0 Å². The average Bonchev–Trinajstić information content (AvgIpc) is 2.76. The molecule has 0 fully saturated rings. The first-order valence-corrected chi connectivity index (χ1v) is 8.25. The van der Waals surface area contributed by atoms with Gasteiger partial charge in [0.15, 0.2) is 5.82 Å². The highest BCUT2D eigenvalue weighted by Crippen LogP contribution is 2.29. The molecular weight excluding hydrogens is 328 g/mol. The third-order valence-corrected chi connectivity index (χ3v) is 3.93. The molecule has 1 heterocycles. The van der Waals surface area contributed by atoms with Gasteiger partial charge in [-0.1, -0.05) is 11.6 Å². The Hall–Kier alpha value is -1.18. The number of aromatic nitrogens is 3. The molecule has 0 bridgehead atoms. The zero-order valence-electron chi connectivity index (χ0n) is 10.5. The Bertz CT molecular complexity index is 759. The van der Waals surface area contributed by atoms with Crippen LogP contribution in [0.3, 0.4) is 0 Å². The van der Waals surface area contributed by atoms with Gasteiger partial charge in [-0.25, -0.2) is 12.8 Å². The van der Waals surface area contributed by atoms with Crippen molar-refractivity contribution in [2.75, 3.05) is 0 Å². The van der Waals surface area contributed by atoms with Crippen molar-refractivity contribution < 1.29 is 12.8 Å². The lowest BCUT2D eigenvalue weighted by Crippen LogP contribution is -2.10. The van der Waals surface area contributed by atoms with E-state index in [1.807, 2.05) is 0 Å². The molecule has 5 nitrogen and oxygen atoms in total. The summed E-state index contributed by atoms with van der Waals surface area (Å²) in [6.45, 7) is 3.42. The van der Waals surface area contributed by atoms with E-state index >= 15 is 0 Å². The van der Waals surface area contributed by atoms with Crippen LogP contribution in [-0.2, 0) is 9.05 Å². The first kappa shape index (κ1) is 15.2. The highest BCUT2D eigenvalue weighted by molar-refractivity contribution is 8.13. The molecule has 0 N–H and O–H groups in total. The summed E-state index contributed by atoms with van der Waals surface area (Å²) < 4.78 is 38.1. The summed E-state index contributed by atoms with van der Waals surface area (Å²) in [6.07, 6.45) is 0. The molecule has 0 aliphatic rings. The molecule has 1 aromatic carbocycles. The third-order valence-electron chi connectivity index (χ3n) is 2.57. The van der Waals surface area contributed by atoms with Crippen LogP contribution in [0.25, 0.3) is 11.4 Å². The Labute approximate surface area is 124 Å². The summed E-state index contributed by atoms with van der Waals surface area (Å²) in [5.74, 6) is -0.526. The predicted molar refractivity (Wildman–Crippen MR) is 73.8 cm³/mol. The van der Waals surface area contributed by atoms with Gasteiger partial charge in [0.25, 0.3) is 14.2 Å². The lowest BCUT2D eigenvalue weighted by atomic mass is 10.2. The van der Waals surface area contributed by atoms with Gasteiger partial charge in [0.05, 0.1) is 5.56 Å². The SMILES string of the molecule is CC(C)n1c(-c2cc(Cl)ccc2F)nnc1S(=O)(=O)Cl. The lowest BCUT2D eigenvalue weighted by Gasteiger charge is -2.13. The maximum atomic E-state index is 13.9. The third kappa shape index (κ3) is 2.79. The molecule has 108 valence electrons. The van der Waals surface area contributed by atoms with Crippen LogP contribution in [0.15, 0.2) is 23.4 Å². The molecule has 0 spiro atoms. The molecule has 1 aromatic heterocycles. The van der Waals surface area contributed by atoms with E-state index in [0.29, 0.717) is 5.02 Å². The van der Waals surface area contributed by atoms with E-state index in [2.05, 4.69) is 10.2 Å². The van der Waals surface area contributed by atoms with Crippen molar-refractivity contribution in [1.82, 2.24) is 14.8 Å². The topological polar surface area (TPSA) is 64.8 Å². The normalized spacial score (nSPS) is 12.1. The molecule has 0 amide bonds. The van der Waals surface area contributed by atoms with Gasteiger partial charge in [-0.3, -0.25) is 4.57 Å². The summed E-state index contributed by atoms with van der Waals surface area (Å²) in [6, 6.07) is 3.58. The van der Waals surface area contributed by atoms with E-state index in [0.717, 1.165) is 0 Å². The Morgan fingerprint density at radius 2 is 1.95 bits per heavy atom. The van der Waals surface area contributed by atoms with Gasteiger partial charge in [-0.15, -0.1) is 10.2 Å². The number of rotatable bonds is 3. The smallest absolute Gasteiger partial charge is 0.294 e. The van der Waals surface area contributed by atoms with Gasteiger partial charge in [0, 0.05) is 21.7 Å². The first-order chi connectivity index (χ1) is 9.21. The van der Waals surface area contributed by atoms with Crippen molar-refractivity contribution in [3.05, 3.63) is 29.0 Å². The minimum absolute atomic E-state index is 0.0548. The van der Waals surface area contributed by atoms with Gasteiger partial charge in [0.2, 0.25) is 0 Å². The zero-order valence-corrected chi connectivity index (χ0v) is 12.8. The minimum atomic E-state index is -4.08. The van der Waals surface area contributed by atoms with Crippen molar-refractivity contribution in [1.29, 1.82) is 0 Å². The molecule has 0 aliphatic heterocycles. The maximum Gasteiger partial charge on any atom is 0.296 e. The number of benzene rings is 1. The standard InChI is InChI=1S/C11H10Cl2FN3O2S/c1-6(2)17-10(15-16-11(17)20(13,18)19)8-5-7(12)3-4-9(8)14/h3-6H,1-2H3. The number of halogens is 3. The highest BCUT2D eigenvalue weighted by atomic mass is 35.7. The van der Waals surface area contributed by atoms with Gasteiger partial charge in [0.1, 0.15) is 5.82 Å². The average molecular weight is 338 g/mol. The molecular formula is C11H10Cl2FN3O2S. The summed E-state index contributed by atoms with van der Waals surface area (Å²) in [4.78, 5) is 0. The van der Waals surface area contributed by atoms with E-state index in [9.17, 15) is 12.8 Å². The molecule has 2 rings (SSSR count). The van der Waals surface area contributed by atoms with Crippen LogP contribution in [-0.4, -0.2) is 23.2 Å². The second kappa shape index (κ2) is 5.31. The van der Waals surface area contributed by atoms with Crippen LogP contribution in [0.2, 0.25) is 5.02 Å². The fraction of sp³-hybridized carbons (Fsp3) is 0.273. The molecule has 0 saturated heterocycles. The van der Waals surface area contributed by atoms with Crippen molar-refractivity contribution in [3.8, 4) is 11.4 Å². The van der Waals surface area contributed by atoms with Crippen LogP contribution >= 0.6 is 22.3 Å². The summed E-state index contributed by atoms with van der Waals surface area (Å²) >= 11 is 5.83. The van der Waals surface area contributed by atoms with E-state index in [4.69, 9.17) is 22.3 Å². The van der Waals surface area contributed by atoms with Crippen LogP contribution in [0.4, 0.5) is 4.39 Å². The second-order valence-corrected chi connectivity index (χ2v) is 7.23. The number of hydrogen-bond donors (Lipinski definition) is 0. The maximum absolute atomic E-state index is 13.9. The highest BCUT2D eigenvalue weighted by Gasteiger charge is 2.26. The van der Waals surface area contributed by atoms with Crippen molar-refractivity contribution >= 4 is 31.3 Å². The van der Waals surface area contributed by atoms with Crippen LogP contribution in [0, 0.1) is 5.82 Å². The fourth-order valence-corrected chi connectivity index (χ4v) is 2.92. The summed E-state index contributed by atoms with van der Waals surface area (Å²) in [7, 11) is 1.23. The molecule has 9 heteroatoms. The molecule has 0 saturated carbocycles. The molecule has 0 aliphatic carbocycles. The van der Waals surface area contributed by atoms with E-state index in [1.165, 1.54) is 22.8 Å². The van der Waals surface area contributed by atoms with Crippen LogP contribution in [0.1, 0.15) is 19.9 Å². The lowest BCUT2D eigenvalue weighted by molar-refractivity contribution is 0.528. The van der Waals surface area contributed by atoms with Gasteiger partial charge < -0.3 is 0 Å². The monoisotopic (exact) mass is 337 g/mol. The van der Waals surface area contributed by atoms with E-state index < -0.39 is 20.0 Å². The second-order valence-electron chi connectivity index (χ2n) is 4.33. The predicted octanol–water partition coefficient (Wildman–Crippen LogP) is 3.25. The first-order valence-electron chi connectivity index (χ1n) is 5.57. The Kier molecular flexibility index (Phi) is 4.04.